The Morgan fingerprint density at radius 2 is 2.11 bits per heavy atom. The normalized spacial score (nSPS) is 31.9. The molecule has 0 aliphatic carbocycles. The van der Waals surface area contributed by atoms with Crippen LogP contribution in [0.3, 0.4) is 0 Å². The van der Waals surface area contributed by atoms with E-state index in [1.165, 1.54) is 0 Å². The highest BCUT2D eigenvalue weighted by molar-refractivity contribution is 5.83. The second-order valence-corrected chi connectivity index (χ2v) is 6.08. The highest BCUT2D eigenvalue weighted by Crippen LogP contribution is 2.32. The molecule has 0 radical (unpaired) electrons. The van der Waals surface area contributed by atoms with Gasteiger partial charge >= 0.3 is 0 Å². The van der Waals surface area contributed by atoms with Crippen LogP contribution in [0.2, 0.25) is 0 Å². The van der Waals surface area contributed by atoms with E-state index in [2.05, 4.69) is 24.1 Å². The van der Waals surface area contributed by atoms with Crippen molar-refractivity contribution in [1.29, 1.82) is 0 Å². The van der Waals surface area contributed by atoms with Gasteiger partial charge in [0.1, 0.15) is 0 Å². The molecule has 0 saturated carbocycles. The van der Waals surface area contributed by atoms with Gasteiger partial charge in [0.2, 0.25) is 5.91 Å². The van der Waals surface area contributed by atoms with Crippen LogP contribution < -0.4 is 5.32 Å². The van der Waals surface area contributed by atoms with Gasteiger partial charge in [0.15, 0.2) is 0 Å². The van der Waals surface area contributed by atoms with E-state index in [1.54, 1.807) is 0 Å². The third-order valence-electron chi connectivity index (χ3n) is 4.29. The molecule has 0 aromatic heterocycles. The summed E-state index contributed by atoms with van der Waals surface area (Å²) in [4.78, 5) is 14.3. The van der Waals surface area contributed by atoms with Gasteiger partial charge in [-0.05, 0) is 31.6 Å². The summed E-state index contributed by atoms with van der Waals surface area (Å²) in [5, 5.41) is 3.41. The van der Waals surface area contributed by atoms with Gasteiger partial charge in [0.05, 0.1) is 12.2 Å². The molecule has 2 unspecified atom stereocenters. The maximum Gasteiger partial charge on any atom is 0.240 e. The molecular weight excluding hydrogens is 228 g/mol. The molecule has 1 N–H and O–H groups in total. The van der Waals surface area contributed by atoms with Crippen LogP contribution in [0.1, 0.15) is 46.5 Å². The maximum absolute atomic E-state index is 12.2. The molecule has 0 aromatic rings. The Morgan fingerprint density at radius 3 is 2.72 bits per heavy atom. The van der Waals surface area contributed by atoms with Crippen LogP contribution in [-0.2, 0) is 9.53 Å². The van der Waals surface area contributed by atoms with E-state index >= 15 is 0 Å². The van der Waals surface area contributed by atoms with Crippen molar-refractivity contribution in [2.75, 3.05) is 19.8 Å². The zero-order valence-corrected chi connectivity index (χ0v) is 11.9. The minimum Gasteiger partial charge on any atom is -0.381 e. The van der Waals surface area contributed by atoms with E-state index in [0.29, 0.717) is 0 Å². The molecule has 2 saturated heterocycles. The smallest absolute Gasteiger partial charge is 0.240 e. The highest BCUT2D eigenvalue weighted by Gasteiger charge is 2.40. The second-order valence-electron chi connectivity index (χ2n) is 6.08. The van der Waals surface area contributed by atoms with E-state index in [4.69, 9.17) is 4.74 Å². The van der Waals surface area contributed by atoms with Crippen LogP contribution in [0.15, 0.2) is 0 Å². The van der Waals surface area contributed by atoms with Crippen molar-refractivity contribution in [3.8, 4) is 0 Å². The average molecular weight is 254 g/mol. The molecule has 2 aliphatic heterocycles. The van der Waals surface area contributed by atoms with Gasteiger partial charge in [-0.2, -0.15) is 0 Å². The Kier molecular flexibility index (Phi) is 4.28. The van der Waals surface area contributed by atoms with Gasteiger partial charge in [0, 0.05) is 19.8 Å². The van der Waals surface area contributed by atoms with Gasteiger partial charge in [-0.15, -0.1) is 0 Å². The molecule has 104 valence electrons. The molecule has 0 aromatic carbocycles. The Bertz CT molecular complexity index is 300. The Balaban J connectivity index is 2.02. The minimum atomic E-state index is -0.0232. The van der Waals surface area contributed by atoms with Crippen LogP contribution in [0.4, 0.5) is 0 Å². The van der Waals surface area contributed by atoms with Crippen molar-refractivity contribution >= 4 is 5.91 Å². The van der Waals surface area contributed by atoms with Crippen molar-refractivity contribution in [2.45, 2.75) is 58.7 Å². The van der Waals surface area contributed by atoms with Crippen LogP contribution >= 0.6 is 0 Å². The molecule has 0 bridgehead atoms. The van der Waals surface area contributed by atoms with Crippen molar-refractivity contribution in [3.63, 3.8) is 0 Å². The van der Waals surface area contributed by atoms with E-state index in [-0.39, 0.29) is 23.5 Å². The number of nitrogens with zero attached hydrogens (tertiary/aromatic N) is 1. The fraction of sp³-hybridized carbons (Fsp3) is 0.929. The first kappa shape index (κ1) is 13.8. The number of rotatable bonds is 4. The highest BCUT2D eigenvalue weighted by atomic mass is 16.5. The van der Waals surface area contributed by atoms with E-state index in [1.807, 2.05) is 6.92 Å². The molecule has 4 nitrogen and oxygen atoms in total. The zero-order chi connectivity index (χ0) is 13.2. The first-order valence-electron chi connectivity index (χ1n) is 7.20. The Hall–Kier alpha value is -0.610. The van der Waals surface area contributed by atoms with Crippen LogP contribution in [0.5, 0.6) is 0 Å². The average Bonchev–Trinajstić information content (AvgIpc) is 2.58. The van der Waals surface area contributed by atoms with Gasteiger partial charge in [-0.25, -0.2) is 0 Å². The fourth-order valence-corrected chi connectivity index (χ4v) is 2.99. The Morgan fingerprint density at radius 1 is 1.44 bits per heavy atom. The lowest BCUT2D eigenvalue weighted by Crippen LogP contribution is -2.45. The molecule has 4 heteroatoms. The molecule has 2 rings (SSSR count). The third kappa shape index (κ3) is 2.86. The van der Waals surface area contributed by atoms with Crippen molar-refractivity contribution in [1.82, 2.24) is 10.2 Å². The molecule has 2 heterocycles. The number of hydrogen-bond donors (Lipinski definition) is 1. The molecular formula is C14H26N2O2. The molecule has 0 spiro atoms. The lowest BCUT2D eigenvalue weighted by molar-refractivity contribution is -0.132. The number of carbonyl (C=O) groups excluding carboxylic acids is 1. The summed E-state index contributed by atoms with van der Waals surface area (Å²) in [6, 6.07) is -0.0232. The van der Waals surface area contributed by atoms with Gasteiger partial charge < -0.3 is 9.64 Å². The molecule has 1 amide bonds. The molecule has 2 fully saturated rings. The first-order chi connectivity index (χ1) is 8.56. The van der Waals surface area contributed by atoms with Gasteiger partial charge in [-0.1, -0.05) is 20.3 Å². The van der Waals surface area contributed by atoms with Gasteiger partial charge in [-0.3, -0.25) is 10.1 Å². The fourth-order valence-electron chi connectivity index (χ4n) is 2.99. The van der Waals surface area contributed by atoms with Crippen molar-refractivity contribution < 1.29 is 9.53 Å². The summed E-state index contributed by atoms with van der Waals surface area (Å²) in [7, 11) is 0. The molecule has 18 heavy (non-hydrogen) atoms. The lowest BCUT2D eigenvalue weighted by Gasteiger charge is -2.38. The molecule has 2 atom stereocenters. The van der Waals surface area contributed by atoms with Crippen LogP contribution in [0.25, 0.3) is 0 Å². The number of nitrogens with one attached hydrogen (secondary N) is 1. The number of carbonyl (C=O) groups is 1. The molecule has 2 aliphatic rings. The summed E-state index contributed by atoms with van der Waals surface area (Å²) in [6.07, 6.45) is 4.50. The maximum atomic E-state index is 12.2. The standard InChI is InChI=1S/C14H26N2O2/c1-4-5-12-15-11(2)13(17)16(12)10-14(3)6-8-18-9-7-14/h11-12,15H,4-10H2,1-3H3. The monoisotopic (exact) mass is 254 g/mol. The minimum absolute atomic E-state index is 0.0232. The summed E-state index contributed by atoms with van der Waals surface area (Å²) in [6.45, 7) is 8.96. The van der Waals surface area contributed by atoms with Crippen molar-refractivity contribution in [3.05, 3.63) is 0 Å². The number of hydrogen-bond acceptors (Lipinski definition) is 3. The zero-order valence-electron chi connectivity index (χ0n) is 11.9. The lowest BCUT2D eigenvalue weighted by atomic mass is 9.82. The largest absolute Gasteiger partial charge is 0.381 e. The van der Waals surface area contributed by atoms with Crippen molar-refractivity contribution in [2.24, 2.45) is 5.41 Å². The van der Waals surface area contributed by atoms with Crippen LogP contribution in [-0.4, -0.2) is 42.8 Å². The van der Waals surface area contributed by atoms with Crippen LogP contribution in [0, 0.1) is 5.41 Å². The summed E-state index contributed by atoms with van der Waals surface area (Å²) in [5.41, 5.74) is 0.228. The predicted octanol–water partition coefficient (Wildman–Crippen LogP) is 1.75. The summed E-state index contributed by atoms with van der Waals surface area (Å²) < 4.78 is 5.43. The van der Waals surface area contributed by atoms with Gasteiger partial charge in [0.25, 0.3) is 0 Å². The summed E-state index contributed by atoms with van der Waals surface area (Å²) in [5.74, 6) is 0.265. The van der Waals surface area contributed by atoms with E-state index < -0.39 is 0 Å². The Labute approximate surface area is 110 Å². The number of ether oxygens (including phenoxy) is 1. The second kappa shape index (κ2) is 5.57. The van der Waals surface area contributed by atoms with E-state index in [0.717, 1.165) is 45.4 Å². The quantitative estimate of drug-likeness (QED) is 0.831. The topological polar surface area (TPSA) is 41.6 Å². The SMILES string of the molecule is CCCC1NC(C)C(=O)N1CC1(C)CCOCC1. The third-order valence-corrected chi connectivity index (χ3v) is 4.29. The first-order valence-corrected chi connectivity index (χ1v) is 7.20. The predicted molar refractivity (Wildman–Crippen MR) is 71.2 cm³/mol. The number of amides is 1. The summed E-state index contributed by atoms with van der Waals surface area (Å²) >= 11 is 0. The van der Waals surface area contributed by atoms with E-state index in [9.17, 15) is 4.79 Å².